The van der Waals surface area contributed by atoms with E-state index in [1.807, 2.05) is 17.5 Å². The summed E-state index contributed by atoms with van der Waals surface area (Å²) in [6, 6.07) is 7.30. The SMILES string of the molecule is CCC(=NOCc1cccs1)c1cc(Cl)ccc1[N-]S(=O)(=O)C(F)(F)F. The first-order chi connectivity index (χ1) is 12.1. The molecule has 1 heterocycles. The van der Waals surface area contributed by atoms with E-state index in [0.717, 1.165) is 10.9 Å². The first-order valence-electron chi connectivity index (χ1n) is 7.19. The highest BCUT2D eigenvalue weighted by molar-refractivity contribution is 7.95. The second-order valence-electron chi connectivity index (χ2n) is 4.92. The Labute approximate surface area is 157 Å². The van der Waals surface area contributed by atoms with E-state index in [-0.39, 0.29) is 29.3 Å². The first kappa shape index (κ1) is 20.5. The van der Waals surface area contributed by atoms with E-state index in [9.17, 15) is 21.6 Å². The van der Waals surface area contributed by atoms with Crippen molar-refractivity contribution >= 4 is 44.4 Å². The van der Waals surface area contributed by atoms with Gasteiger partial charge < -0.3 is 9.56 Å². The molecule has 0 amide bonds. The van der Waals surface area contributed by atoms with Crippen molar-refractivity contribution in [3.8, 4) is 0 Å². The Balaban J connectivity index is 2.32. The van der Waals surface area contributed by atoms with Crippen molar-refractivity contribution < 1.29 is 26.4 Å². The van der Waals surface area contributed by atoms with Crippen molar-refractivity contribution in [2.45, 2.75) is 25.5 Å². The number of alkyl halides is 3. The van der Waals surface area contributed by atoms with Crippen LogP contribution in [0.2, 0.25) is 5.02 Å². The van der Waals surface area contributed by atoms with Crippen LogP contribution in [0.4, 0.5) is 18.9 Å². The van der Waals surface area contributed by atoms with Gasteiger partial charge in [0.1, 0.15) is 0 Å². The second kappa shape index (κ2) is 8.28. The van der Waals surface area contributed by atoms with Crippen LogP contribution in [0.15, 0.2) is 40.9 Å². The quantitative estimate of drug-likeness (QED) is 0.429. The van der Waals surface area contributed by atoms with Gasteiger partial charge in [-0.2, -0.15) is 13.2 Å². The molecular formula is C15H13ClF3N2O3S2-. The average molecular weight is 426 g/mol. The predicted octanol–water partition coefficient (Wildman–Crippen LogP) is 5.59. The molecule has 26 heavy (non-hydrogen) atoms. The molecule has 0 fully saturated rings. The molecule has 1 aromatic carbocycles. The highest BCUT2D eigenvalue weighted by atomic mass is 35.5. The molecule has 0 N–H and O–H groups in total. The molecule has 0 unspecified atom stereocenters. The van der Waals surface area contributed by atoms with Gasteiger partial charge in [-0.25, -0.2) is 8.42 Å². The molecule has 0 saturated heterocycles. The van der Waals surface area contributed by atoms with Gasteiger partial charge in [0.05, 0.1) is 5.71 Å². The van der Waals surface area contributed by atoms with E-state index in [1.165, 1.54) is 23.5 Å². The third kappa shape index (κ3) is 5.12. The first-order valence-corrected chi connectivity index (χ1v) is 9.89. The lowest BCUT2D eigenvalue weighted by Gasteiger charge is -2.26. The number of rotatable bonds is 7. The molecule has 0 aliphatic rings. The molecule has 0 aliphatic heterocycles. The lowest BCUT2D eigenvalue weighted by atomic mass is 10.1. The fraction of sp³-hybridized carbons (Fsp3) is 0.267. The summed E-state index contributed by atoms with van der Waals surface area (Å²) in [7, 11) is -5.70. The molecule has 11 heteroatoms. The second-order valence-corrected chi connectivity index (χ2v) is 7.98. The normalized spacial score (nSPS) is 12.9. The number of nitrogens with zero attached hydrogens (tertiary/aromatic N) is 2. The zero-order valence-electron chi connectivity index (χ0n) is 13.3. The van der Waals surface area contributed by atoms with E-state index in [2.05, 4.69) is 9.88 Å². The molecule has 0 bridgehead atoms. The summed E-state index contributed by atoms with van der Waals surface area (Å²) < 4.78 is 63.4. The lowest BCUT2D eigenvalue weighted by molar-refractivity contribution is -0.0425. The Morgan fingerprint density at radius 2 is 2.08 bits per heavy atom. The molecule has 2 aromatic rings. The molecular weight excluding hydrogens is 413 g/mol. The van der Waals surface area contributed by atoms with Crippen molar-refractivity contribution in [3.05, 3.63) is 55.9 Å². The van der Waals surface area contributed by atoms with Gasteiger partial charge in [-0.15, -0.1) is 17.0 Å². The van der Waals surface area contributed by atoms with Gasteiger partial charge >= 0.3 is 5.51 Å². The average Bonchev–Trinajstić information content (AvgIpc) is 3.05. The van der Waals surface area contributed by atoms with Crippen molar-refractivity contribution in [2.75, 3.05) is 0 Å². The molecule has 5 nitrogen and oxygen atoms in total. The summed E-state index contributed by atoms with van der Waals surface area (Å²) in [4.78, 5) is 6.12. The maximum absolute atomic E-state index is 12.6. The number of thiophene rings is 1. The van der Waals surface area contributed by atoms with Crippen LogP contribution >= 0.6 is 22.9 Å². The molecule has 0 atom stereocenters. The lowest BCUT2D eigenvalue weighted by Crippen LogP contribution is -2.21. The van der Waals surface area contributed by atoms with E-state index in [1.54, 1.807) is 6.92 Å². The minimum absolute atomic E-state index is 0.0546. The van der Waals surface area contributed by atoms with Crippen molar-refractivity contribution in [1.82, 2.24) is 0 Å². The summed E-state index contributed by atoms with van der Waals surface area (Å²) in [5.41, 5.74) is -5.63. The number of hydrogen-bond acceptors (Lipinski definition) is 5. The summed E-state index contributed by atoms with van der Waals surface area (Å²) in [5.74, 6) is 0. The Kier molecular flexibility index (Phi) is 6.53. The van der Waals surface area contributed by atoms with Crippen molar-refractivity contribution in [1.29, 1.82) is 0 Å². The Morgan fingerprint density at radius 1 is 1.35 bits per heavy atom. The molecule has 142 valence electrons. The Morgan fingerprint density at radius 3 is 2.65 bits per heavy atom. The predicted molar refractivity (Wildman–Crippen MR) is 95.4 cm³/mol. The minimum Gasteiger partial charge on any atom is -0.569 e. The van der Waals surface area contributed by atoms with Gasteiger partial charge in [-0.3, -0.25) is 0 Å². The molecule has 2 rings (SSSR count). The van der Waals surface area contributed by atoms with Gasteiger partial charge in [-0.05, 0) is 35.6 Å². The highest BCUT2D eigenvalue weighted by Gasteiger charge is 2.39. The van der Waals surface area contributed by atoms with Gasteiger partial charge in [0.15, 0.2) is 16.6 Å². The van der Waals surface area contributed by atoms with Gasteiger partial charge in [0.2, 0.25) is 0 Å². The zero-order valence-corrected chi connectivity index (χ0v) is 15.7. The molecule has 0 aliphatic carbocycles. The van der Waals surface area contributed by atoms with Crippen molar-refractivity contribution in [2.24, 2.45) is 5.16 Å². The maximum atomic E-state index is 12.6. The number of hydrogen-bond donors (Lipinski definition) is 0. The highest BCUT2D eigenvalue weighted by Crippen LogP contribution is 2.37. The van der Waals surface area contributed by atoms with Gasteiger partial charge in [0, 0.05) is 9.90 Å². The number of oxime groups is 1. The summed E-state index contributed by atoms with van der Waals surface area (Å²) >= 11 is 7.34. The van der Waals surface area contributed by atoms with Crippen LogP contribution < -0.4 is 0 Å². The van der Waals surface area contributed by atoms with Crippen LogP contribution in [-0.4, -0.2) is 19.6 Å². The standard InChI is InChI=1S/C15H13ClF3N2O3S2/c1-2-13(20-24-9-11-4-3-7-25-11)12-8-10(16)5-6-14(12)21-26(22,23)15(17,18)19/h3-8H,2,9H2,1H3/q-1. The zero-order chi connectivity index (χ0) is 19.4. The fourth-order valence-electron chi connectivity index (χ4n) is 1.87. The topological polar surface area (TPSA) is 69.8 Å². The monoisotopic (exact) mass is 425 g/mol. The number of sulfonamides is 1. The largest absolute Gasteiger partial charge is 0.569 e. The number of benzene rings is 1. The Bertz CT molecular complexity index is 882. The van der Waals surface area contributed by atoms with Crippen LogP contribution in [0, 0.1) is 0 Å². The third-order valence-electron chi connectivity index (χ3n) is 3.08. The van der Waals surface area contributed by atoms with E-state index >= 15 is 0 Å². The molecule has 1 aromatic heterocycles. The van der Waals surface area contributed by atoms with Crippen molar-refractivity contribution in [3.63, 3.8) is 0 Å². The Hall–Kier alpha value is -1.78. The van der Waals surface area contributed by atoms with Crippen LogP contribution in [0.1, 0.15) is 23.8 Å². The molecule has 0 radical (unpaired) electrons. The summed E-state index contributed by atoms with van der Waals surface area (Å²) in [6.45, 7) is 1.87. The van der Waals surface area contributed by atoms with Gasteiger partial charge in [0.25, 0.3) is 0 Å². The molecule has 0 spiro atoms. The van der Waals surface area contributed by atoms with E-state index in [0.29, 0.717) is 0 Å². The van der Waals surface area contributed by atoms with Crippen LogP contribution in [0.3, 0.4) is 0 Å². The van der Waals surface area contributed by atoms with Crippen LogP contribution in [0.25, 0.3) is 4.72 Å². The van der Waals surface area contributed by atoms with Crippen LogP contribution in [-0.2, 0) is 21.5 Å². The third-order valence-corrected chi connectivity index (χ3v) is 5.18. The van der Waals surface area contributed by atoms with E-state index in [4.69, 9.17) is 16.4 Å². The molecule has 0 saturated carbocycles. The smallest absolute Gasteiger partial charge is 0.483 e. The van der Waals surface area contributed by atoms with E-state index < -0.39 is 21.2 Å². The summed E-state index contributed by atoms with van der Waals surface area (Å²) in [5, 5.41) is 5.97. The maximum Gasteiger partial charge on any atom is 0.483 e. The summed E-state index contributed by atoms with van der Waals surface area (Å²) in [6.07, 6.45) is 0.263. The van der Waals surface area contributed by atoms with Gasteiger partial charge in [-0.1, -0.05) is 35.8 Å². The van der Waals surface area contributed by atoms with Crippen LogP contribution in [0.5, 0.6) is 0 Å². The number of halogens is 4. The minimum atomic E-state index is -5.70. The fourth-order valence-corrected chi connectivity index (χ4v) is 3.18.